The van der Waals surface area contributed by atoms with Crippen molar-refractivity contribution in [1.29, 1.82) is 0 Å². The molecule has 3 aliphatic rings. The largest absolute Gasteiger partial charge is 0.381 e. The number of fused-ring (bicyclic) bond motifs is 1. The quantitative estimate of drug-likeness (QED) is 0.171. The lowest BCUT2D eigenvalue weighted by atomic mass is 9.93. The number of likely N-dealkylation sites (N-methyl/N-ethyl adjacent to an activating group) is 1. The van der Waals surface area contributed by atoms with Gasteiger partial charge in [-0.25, -0.2) is 9.67 Å². The van der Waals surface area contributed by atoms with Crippen molar-refractivity contribution in [2.24, 2.45) is 17.1 Å². The number of rotatable bonds is 13. The molecule has 52 heavy (non-hydrogen) atoms. The molecule has 7 rings (SSSR count). The second kappa shape index (κ2) is 15.3. The van der Waals surface area contributed by atoms with Crippen molar-refractivity contribution in [2.75, 3.05) is 51.8 Å². The number of piperazine rings is 1. The molecular formula is C41H54N8O3. The smallest absolute Gasteiger partial charge is 0.236 e. The molecule has 0 bridgehead atoms. The molecule has 2 aromatic carbocycles. The average molecular weight is 707 g/mol. The van der Waals surface area contributed by atoms with E-state index in [0.717, 1.165) is 111 Å². The van der Waals surface area contributed by atoms with Gasteiger partial charge in [-0.2, -0.15) is 5.10 Å². The van der Waals surface area contributed by atoms with Crippen LogP contribution in [0.15, 0.2) is 48.7 Å². The minimum atomic E-state index is -1.26. The van der Waals surface area contributed by atoms with E-state index in [1.165, 1.54) is 16.7 Å². The van der Waals surface area contributed by atoms with Gasteiger partial charge in [0, 0.05) is 70.8 Å². The molecule has 2 saturated heterocycles. The molecule has 1 saturated carbocycles. The van der Waals surface area contributed by atoms with Crippen LogP contribution in [-0.4, -0.2) is 88.9 Å². The van der Waals surface area contributed by atoms with E-state index < -0.39 is 11.3 Å². The normalized spacial score (nSPS) is 21.3. The first-order valence-corrected chi connectivity index (χ1v) is 19.1. The number of pyridine rings is 1. The fourth-order valence-electron chi connectivity index (χ4n) is 8.18. The summed E-state index contributed by atoms with van der Waals surface area (Å²) in [7, 11) is 2.18. The van der Waals surface area contributed by atoms with Crippen LogP contribution in [0.5, 0.6) is 0 Å². The van der Waals surface area contributed by atoms with Gasteiger partial charge in [0.15, 0.2) is 5.65 Å². The molecule has 2 unspecified atom stereocenters. The third kappa shape index (κ3) is 7.31. The number of nitrogens with two attached hydrogens (primary N) is 1. The van der Waals surface area contributed by atoms with Crippen LogP contribution in [-0.2, 0) is 46.8 Å². The van der Waals surface area contributed by atoms with E-state index in [-0.39, 0.29) is 17.9 Å². The molecule has 2 aliphatic heterocycles. The summed E-state index contributed by atoms with van der Waals surface area (Å²) in [4.78, 5) is 37.0. The van der Waals surface area contributed by atoms with Crippen molar-refractivity contribution < 1.29 is 14.3 Å². The predicted molar refractivity (Wildman–Crippen MR) is 205 cm³/mol. The Balaban J connectivity index is 1.08. The second-order valence-corrected chi connectivity index (χ2v) is 15.0. The Morgan fingerprint density at radius 2 is 1.83 bits per heavy atom. The number of carbonyl (C=O) groups is 2. The average Bonchev–Trinajstić information content (AvgIpc) is 3.75. The standard InChI is InChI=1S/C41H54N8O3/c1-5-36-34(37(45-32-12-18-52-19-13-32)35-25-44-49(6-2)38(35)46-36)22-31-23-41(31,39(42)50)40(51)43-24-28-11-10-27(3)33(21-28)30-9-7-8-29(20-30)26-48-16-14-47(4)15-17-48/h7-11,20-21,25,31-32H,5-6,12-19,22-24,26H2,1-4H3,(H2,42,50)(H,43,51)(H,45,46). The van der Waals surface area contributed by atoms with Gasteiger partial charge in [-0.3, -0.25) is 14.5 Å². The predicted octanol–water partition coefficient (Wildman–Crippen LogP) is 4.68. The number of nitrogens with zero attached hydrogens (tertiary/aromatic N) is 5. The van der Waals surface area contributed by atoms with Crippen LogP contribution in [0.4, 0.5) is 5.69 Å². The van der Waals surface area contributed by atoms with E-state index in [0.29, 0.717) is 19.4 Å². The highest BCUT2D eigenvalue weighted by atomic mass is 16.5. The molecule has 1 aliphatic carbocycles. The fourth-order valence-corrected chi connectivity index (χ4v) is 8.18. The van der Waals surface area contributed by atoms with Crippen molar-refractivity contribution in [3.8, 4) is 11.1 Å². The zero-order valence-electron chi connectivity index (χ0n) is 31.2. The minimum absolute atomic E-state index is 0.220. The molecule has 0 radical (unpaired) electrons. The van der Waals surface area contributed by atoms with Crippen LogP contribution in [0, 0.1) is 18.3 Å². The van der Waals surface area contributed by atoms with Crippen LogP contribution in [0.25, 0.3) is 22.2 Å². The Hall–Kier alpha value is -4.32. The van der Waals surface area contributed by atoms with Gasteiger partial charge in [0.2, 0.25) is 11.8 Å². The lowest BCUT2D eigenvalue weighted by Crippen LogP contribution is -2.43. The van der Waals surface area contributed by atoms with Gasteiger partial charge in [-0.1, -0.05) is 37.3 Å². The summed E-state index contributed by atoms with van der Waals surface area (Å²) in [5.41, 5.74) is 14.5. The third-order valence-electron chi connectivity index (χ3n) is 11.6. The lowest BCUT2D eigenvalue weighted by molar-refractivity contribution is -0.136. The molecular weight excluding hydrogens is 653 g/mol. The molecule has 4 N–H and O–H groups in total. The Bertz CT molecular complexity index is 1930. The highest BCUT2D eigenvalue weighted by molar-refractivity contribution is 6.08. The summed E-state index contributed by atoms with van der Waals surface area (Å²) >= 11 is 0. The number of primary amides is 1. The maximum Gasteiger partial charge on any atom is 0.236 e. The number of nitrogens with one attached hydrogen (secondary N) is 2. The highest BCUT2D eigenvalue weighted by Gasteiger charge is 2.64. The molecule has 2 aromatic heterocycles. The number of benzene rings is 2. The van der Waals surface area contributed by atoms with Gasteiger partial charge in [-0.15, -0.1) is 0 Å². The van der Waals surface area contributed by atoms with Crippen molar-refractivity contribution in [3.05, 3.63) is 76.6 Å². The van der Waals surface area contributed by atoms with E-state index in [1.54, 1.807) is 0 Å². The lowest BCUT2D eigenvalue weighted by Gasteiger charge is -2.32. The number of amides is 2. The van der Waals surface area contributed by atoms with Gasteiger partial charge in [0.1, 0.15) is 5.41 Å². The third-order valence-corrected chi connectivity index (χ3v) is 11.6. The van der Waals surface area contributed by atoms with Gasteiger partial charge in [-0.05, 0) is 104 Å². The van der Waals surface area contributed by atoms with Crippen LogP contribution >= 0.6 is 0 Å². The van der Waals surface area contributed by atoms with Gasteiger partial charge < -0.3 is 26.0 Å². The summed E-state index contributed by atoms with van der Waals surface area (Å²) in [6, 6.07) is 15.4. The molecule has 11 heteroatoms. The molecule has 3 fully saturated rings. The number of hydrogen-bond acceptors (Lipinski definition) is 8. The van der Waals surface area contributed by atoms with Gasteiger partial charge in [0.25, 0.3) is 0 Å². The zero-order chi connectivity index (χ0) is 36.4. The summed E-state index contributed by atoms with van der Waals surface area (Å²) < 4.78 is 7.56. The maximum atomic E-state index is 14.0. The Labute approximate surface area is 307 Å². The van der Waals surface area contributed by atoms with Crippen molar-refractivity contribution in [3.63, 3.8) is 0 Å². The van der Waals surface area contributed by atoms with E-state index in [9.17, 15) is 9.59 Å². The topological polar surface area (TPSA) is 131 Å². The van der Waals surface area contributed by atoms with Crippen LogP contribution in [0.2, 0.25) is 0 Å². The first-order valence-electron chi connectivity index (χ1n) is 19.1. The number of carbonyl (C=O) groups excluding carboxylic acids is 2. The zero-order valence-corrected chi connectivity index (χ0v) is 31.2. The molecule has 4 aromatic rings. The maximum absolute atomic E-state index is 14.0. The molecule has 276 valence electrons. The molecule has 4 heterocycles. The van der Waals surface area contributed by atoms with E-state index >= 15 is 0 Å². The van der Waals surface area contributed by atoms with Crippen molar-refractivity contribution in [2.45, 2.75) is 78.6 Å². The molecule has 2 atom stereocenters. The Morgan fingerprint density at radius 3 is 2.56 bits per heavy atom. The monoisotopic (exact) mass is 706 g/mol. The SMILES string of the molecule is CCc1nc2c(cnn2CC)c(NC2CCOCC2)c1CC1CC1(C(N)=O)C(=O)NCc1ccc(C)c(-c2cccc(CN3CCN(C)CC3)c2)c1. The Morgan fingerprint density at radius 1 is 1.04 bits per heavy atom. The van der Waals surface area contributed by atoms with E-state index in [2.05, 4.69) is 89.7 Å². The summed E-state index contributed by atoms with van der Waals surface area (Å²) in [6.07, 6.45) is 5.37. The van der Waals surface area contributed by atoms with Crippen molar-refractivity contribution >= 4 is 28.5 Å². The van der Waals surface area contributed by atoms with Gasteiger partial charge in [0.05, 0.1) is 17.3 Å². The van der Waals surface area contributed by atoms with Gasteiger partial charge >= 0.3 is 0 Å². The molecule has 0 spiro atoms. The van der Waals surface area contributed by atoms with Crippen LogP contribution in [0.1, 0.15) is 61.1 Å². The number of aryl methyl sites for hydroxylation is 3. The Kier molecular flexibility index (Phi) is 10.6. The molecule has 11 nitrogen and oxygen atoms in total. The highest BCUT2D eigenvalue weighted by Crippen LogP contribution is 2.55. The summed E-state index contributed by atoms with van der Waals surface area (Å²) in [5, 5.41) is 12.5. The fraction of sp³-hybridized carbons (Fsp3) is 0.512. The number of hydrogen-bond donors (Lipinski definition) is 3. The van der Waals surface area contributed by atoms with Crippen molar-refractivity contribution in [1.82, 2.24) is 29.9 Å². The number of ether oxygens (including phenoxy) is 1. The summed E-state index contributed by atoms with van der Waals surface area (Å²) in [6.45, 7) is 14.0. The second-order valence-electron chi connectivity index (χ2n) is 15.0. The number of anilines is 1. The number of aromatic nitrogens is 3. The van der Waals surface area contributed by atoms with Crippen LogP contribution < -0.4 is 16.4 Å². The van der Waals surface area contributed by atoms with E-state index in [1.807, 2.05) is 16.9 Å². The first kappa shape index (κ1) is 36.1. The summed E-state index contributed by atoms with van der Waals surface area (Å²) in [5.74, 6) is -1.09. The van der Waals surface area contributed by atoms with E-state index in [4.69, 9.17) is 15.5 Å². The molecule has 2 amide bonds. The van der Waals surface area contributed by atoms with Crippen LogP contribution in [0.3, 0.4) is 0 Å². The first-order chi connectivity index (χ1) is 25.2. The minimum Gasteiger partial charge on any atom is -0.381 e.